The summed E-state index contributed by atoms with van der Waals surface area (Å²) in [5, 5.41) is 5.92. The summed E-state index contributed by atoms with van der Waals surface area (Å²) >= 11 is 0. The van der Waals surface area contributed by atoms with Gasteiger partial charge >= 0.3 is 0 Å². The maximum atomic E-state index is 4.81. The van der Waals surface area contributed by atoms with Crippen LogP contribution in [-0.2, 0) is 13.1 Å². The largest absolute Gasteiger partial charge is 0.360 e. The van der Waals surface area contributed by atoms with Gasteiger partial charge in [-0.3, -0.25) is 0 Å². The molecule has 0 atom stereocenters. The molecule has 0 radical (unpaired) electrons. The van der Waals surface area contributed by atoms with Crippen LogP contribution in [0.25, 0.3) is 21.8 Å². The highest BCUT2D eigenvalue weighted by Gasteiger charge is 2.08. The summed E-state index contributed by atoms with van der Waals surface area (Å²) in [5.74, 6) is 0. The monoisotopic (exact) mass is 287 g/mol. The van der Waals surface area contributed by atoms with E-state index in [0.29, 0.717) is 0 Å². The van der Waals surface area contributed by atoms with Crippen molar-refractivity contribution in [3.8, 4) is 0 Å². The minimum Gasteiger partial charge on any atom is -0.360 e. The van der Waals surface area contributed by atoms with Crippen molar-refractivity contribution in [2.75, 3.05) is 0 Å². The van der Waals surface area contributed by atoms with Crippen molar-refractivity contribution in [1.29, 1.82) is 0 Å². The van der Waals surface area contributed by atoms with Crippen LogP contribution in [-0.4, -0.2) is 9.97 Å². The van der Waals surface area contributed by atoms with E-state index >= 15 is 0 Å². The number of hydrogen-bond donors (Lipinski definition) is 2. The fourth-order valence-electron chi connectivity index (χ4n) is 2.88. The minimum absolute atomic E-state index is 0.747. The Morgan fingerprint density at radius 1 is 0.818 bits per heavy atom. The first-order chi connectivity index (χ1) is 10.9. The molecule has 108 valence electrons. The number of aromatic amines is 1. The van der Waals surface area contributed by atoms with E-state index in [0.717, 1.165) is 29.8 Å². The molecule has 0 unspecified atom stereocenters. The van der Waals surface area contributed by atoms with Crippen LogP contribution >= 0.6 is 0 Å². The quantitative estimate of drug-likeness (QED) is 0.595. The number of rotatable bonds is 4. The molecule has 0 aliphatic rings. The Morgan fingerprint density at radius 2 is 1.64 bits per heavy atom. The van der Waals surface area contributed by atoms with E-state index < -0.39 is 0 Å². The third-order valence-electron chi connectivity index (χ3n) is 3.95. The molecule has 2 heterocycles. The normalized spacial score (nSPS) is 11.3. The molecule has 0 aliphatic carbocycles. The molecule has 2 aromatic heterocycles. The molecule has 22 heavy (non-hydrogen) atoms. The standard InChI is InChI=1S/C19H17N3/c1-2-6-14(7-3-1)12-20-13-18-19-16(10-11-21-19)15-8-4-5-9-17(15)22-18/h1-11,20-21H,12-13H2. The molecule has 4 aromatic rings. The highest BCUT2D eigenvalue weighted by molar-refractivity contribution is 6.05. The zero-order chi connectivity index (χ0) is 14.8. The second-order valence-corrected chi connectivity index (χ2v) is 5.43. The number of nitrogens with zero attached hydrogens (tertiary/aromatic N) is 1. The van der Waals surface area contributed by atoms with E-state index in [-0.39, 0.29) is 0 Å². The lowest BCUT2D eigenvalue weighted by molar-refractivity contribution is 0.685. The first kappa shape index (κ1) is 13.0. The van der Waals surface area contributed by atoms with Gasteiger partial charge in [0.15, 0.2) is 0 Å². The Hall–Kier alpha value is -2.65. The molecule has 0 aliphatic heterocycles. The number of hydrogen-bond acceptors (Lipinski definition) is 2. The molecule has 0 saturated carbocycles. The second-order valence-electron chi connectivity index (χ2n) is 5.43. The minimum atomic E-state index is 0.747. The van der Waals surface area contributed by atoms with Crippen LogP contribution in [0.5, 0.6) is 0 Å². The average molecular weight is 287 g/mol. The SMILES string of the molecule is c1ccc(CNCc2nc3ccccc3c3cc[nH]c23)cc1. The number of fused-ring (bicyclic) bond motifs is 3. The maximum Gasteiger partial charge on any atom is 0.0789 e. The van der Waals surface area contributed by atoms with Gasteiger partial charge in [-0.1, -0.05) is 48.5 Å². The van der Waals surface area contributed by atoms with E-state index in [9.17, 15) is 0 Å². The van der Waals surface area contributed by atoms with Crippen LogP contribution in [0.1, 0.15) is 11.3 Å². The molecule has 0 saturated heterocycles. The number of aromatic nitrogens is 2. The van der Waals surface area contributed by atoms with Crippen LogP contribution in [0, 0.1) is 0 Å². The molecule has 0 amide bonds. The van der Waals surface area contributed by atoms with Gasteiger partial charge in [-0.05, 0) is 17.7 Å². The predicted molar refractivity (Wildman–Crippen MR) is 90.6 cm³/mol. The van der Waals surface area contributed by atoms with Gasteiger partial charge in [0.1, 0.15) is 0 Å². The van der Waals surface area contributed by atoms with Crippen molar-refractivity contribution >= 4 is 21.8 Å². The van der Waals surface area contributed by atoms with Crippen molar-refractivity contribution < 1.29 is 0 Å². The smallest absolute Gasteiger partial charge is 0.0789 e. The first-order valence-corrected chi connectivity index (χ1v) is 7.51. The van der Waals surface area contributed by atoms with E-state index in [4.69, 9.17) is 4.98 Å². The van der Waals surface area contributed by atoms with E-state index in [1.165, 1.54) is 16.3 Å². The van der Waals surface area contributed by atoms with Gasteiger partial charge < -0.3 is 10.3 Å². The summed E-state index contributed by atoms with van der Waals surface area (Å²) in [4.78, 5) is 8.14. The third-order valence-corrected chi connectivity index (χ3v) is 3.95. The Labute approximate surface area is 129 Å². The summed E-state index contributed by atoms with van der Waals surface area (Å²) in [5.41, 5.74) is 4.52. The Morgan fingerprint density at radius 3 is 2.55 bits per heavy atom. The van der Waals surface area contributed by atoms with Crippen molar-refractivity contribution in [2.45, 2.75) is 13.1 Å². The lowest BCUT2D eigenvalue weighted by Crippen LogP contribution is -2.14. The summed E-state index contributed by atoms with van der Waals surface area (Å²) in [6, 6.07) is 20.8. The lowest BCUT2D eigenvalue weighted by atomic mass is 10.1. The lowest BCUT2D eigenvalue weighted by Gasteiger charge is -2.08. The molecular weight excluding hydrogens is 270 g/mol. The molecule has 0 fully saturated rings. The summed E-state index contributed by atoms with van der Waals surface area (Å²) in [6.07, 6.45) is 1.99. The van der Waals surface area contributed by atoms with Gasteiger partial charge in [-0.15, -0.1) is 0 Å². The van der Waals surface area contributed by atoms with Gasteiger partial charge in [0.2, 0.25) is 0 Å². The molecule has 0 spiro atoms. The van der Waals surface area contributed by atoms with E-state index in [1.54, 1.807) is 0 Å². The Kier molecular flexibility index (Phi) is 3.33. The van der Waals surface area contributed by atoms with Crippen molar-refractivity contribution in [3.63, 3.8) is 0 Å². The van der Waals surface area contributed by atoms with Crippen LogP contribution in [0.2, 0.25) is 0 Å². The van der Waals surface area contributed by atoms with Crippen molar-refractivity contribution in [2.24, 2.45) is 0 Å². The molecule has 4 rings (SSSR count). The molecule has 0 bridgehead atoms. The van der Waals surface area contributed by atoms with Crippen molar-refractivity contribution in [3.05, 3.63) is 78.1 Å². The highest BCUT2D eigenvalue weighted by Crippen LogP contribution is 2.25. The zero-order valence-electron chi connectivity index (χ0n) is 12.2. The molecule has 2 N–H and O–H groups in total. The van der Waals surface area contributed by atoms with Crippen LogP contribution in [0.4, 0.5) is 0 Å². The van der Waals surface area contributed by atoms with Crippen LogP contribution in [0.3, 0.4) is 0 Å². The topological polar surface area (TPSA) is 40.7 Å². The van der Waals surface area contributed by atoms with Crippen LogP contribution < -0.4 is 5.32 Å². The average Bonchev–Trinajstić information content (AvgIpc) is 3.06. The van der Waals surface area contributed by atoms with E-state index in [1.807, 2.05) is 18.3 Å². The maximum absolute atomic E-state index is 4.81. The highest BCUT2D eigenvalue weighted by atomic mass is 14.9. The van der Waals surface area contributed by atoms with Gasteiger partial charge in [-0.2, -0.15) is 0 Å². The number of para-hydroxylation sites is 1. The fraction of sp³-hybridized carbons (Fsp3) is 0.105. The van der Waals surface area contributed by atoms with Gasteiger partial charge in [0.25, 0.3) is 0 Å². The van der Waals surface area contributed by atoms with Gasteiger partial charge in [0, 0.05) is 30.1 Å². The fourth-order valence-corrected chi connectivity index (χ4v) is 2.88. The number of benzene rings is 2. The Bertz CT molecular complexity index is 910. The summed E-state index contributed by atoms with van der Waals surface area (Å²) < 4.78 is 0. The van der Waals surface area contributed by atoms with Gasteiger partial charge in [-0.25, -0.2) is 4.98 Å². The first-order valence-electron chi connectivity index (χ1n) is 7.51. The third kappa shape index (κ3) is 2.36. The van der Waals surface area contributed by atoms with E-state index in [2.05, 4.69) is 58.8 Å². The number of H-pyrrole nitrogens is 1. The second kappa shape index (κ2) is 5.62. The van der Waals surface area contributed by atoms with Crippen molar-refractivity contribution in [1.82, 2.24) is 15.3 Å². The molecule has 2 aromatic carbocycles. The number of nitrogens with one attached hydrogen (secondary N) is 2. The summed E-state index contributed by atoms with van der Waals surface area (Å²) in [7, 11) is 0. The van der Waals surface area contributed by atoms with Gasteiger partial charge in [0.05, 0.1) is 16.7 Å². The number of pyridine rings is 1. The van der Waals surface area contributed by atoms with Crippen LogP contribution in [0.15, 0.2) is 66.9 Å². The molecule has 3 heteroatoms. The summed E-state index contributed by atoms with van der Waals surface area (Å²) in [6.45, 7) is 1.59. The molecular formula is C19H17N3. The molecule has 3 nitrogen and oxygen atoms in total. The zero-order valence-corrected chi connectivity index (χ0v) is 12.2. The predicted octanol–water partition coefficient (Wildman–Crippen LogP) is 4.01. The Balaban J connectivity index is 1.64.